The normalized spacial score (nSPS) is 19.2. The van der Waals surface area contributed by atoms with Crippen LogP contribution in [0.1, 0.15) is 60.4 Å². The SMILES string of the molecule is COc1cc2nc(C3CCC(SC)CC3)cn2cc1NC(=O)c1cccc(C(C)(F)F)n1. The molecule has 0 aromatic carbocycles. The van der Waals surface area contributed by atoms with Gasteiger partial charge in [0.15, 0.2) is 0 Å². The molecule has 0 atom stereocenters. The molecule has 0 unspecified atom stereocenters. The summed E-state index contributed by atoms with van der Waals surface area (Å²) in [5, 5.41) is 3.45. The number of nitrogens with one attached hydrogen (secondary N) is 1. The van der Waals surface area contributed by atoms with Crippen LogP contribution in [0, 0.1) is 0 Å². The maximum absolute atomic E-state index is 13.6. The smallest absolute Gasteiger partial charge is 0.287 e. The molecule has 9 heteroatoms. The van der Waals surface area contributed by atoms with Crippen LogP contribution in [0.4, 0.5) is 14.5 Å². The predicted octanol–water partition coefficient (Wildman–Crippen LogP) is 5.49. The summed E-state index contributed by atoms with van der Waals surface area (Å²) in [6, 6.07) is 5.75. The van der Waals surface area contributed by atoms with E-state index in [4.69, 9.17) is 9.72 Å². The number of rotatable bonds is 6. The van der Waals surface area contributed by atoms with E-state index in [-0.39, 0.29) is 5.69 Å². The van der Waals surface area contributed by atoms with Crippen LogP contribution in [-0.4, -0.2) is 38.9 Å². The molecule has 3 aromatic heterocycles. The third-order valence-electron chi connectivity index (χ3n) is 5.90. The fraction of sp³-hybridized carbons (Fsp3) is 0.435. The summed E-state index contributed by atoms with van der Waals surface area (Å²) >= 11 is 1.93. The van der Waals surface area contributed by atoms with Crippen molar-refractivity contribution in [3.63, 3.8) is 0 Å². The minimum atomic E-state index is -3.13. The van der Waals surface area contributed by atoms with E-state index in [1.165, 1.54) is 38.2 Å². The fourth-order valence-corrected chi connectivity index (χ4v) is 4.82. The van der Waals surface area contributed by atoms with Crippen LogP contribution in [0.2, 0.25) is 0 Å². The third-order valence-corrected chi connectivity index (χ3v) is 7.04. The van der Waals surface area contributed by atoms with Crippen LogP contribution in [0.25, 0.3) is 5.65 Å². The zero-order valence-corrected chi connectivity index (χ0v) is 19.1. The Labute approximate surface area is 189 Å². The molecule has 3 heterocycles. The van der Waals surface area contributed by atoms with Gasteiger partial charge in [-0.15, -0.1) is 0 Å². The molecule has 3 aromatic rings. The number of hydrogen-bond donors (Lipinski definition) is 1. The van der Waals surface area contributed by atoms with Crippen LogP contribution in [0.15, 0.2) is 36.7 Å². The molecule has 0 saturated heterocycles. The summed E-state index contributed by atoms with van der Waals surface area (Å²) in [6.07, 6.45) is 10.5. The Kier molecular flexibility index (Phi) is 6.37. The average Bonchev–Trinajstić information content (AvgIpc) is 3.21. The monoisotopic (exact) mass is 460 g/mol. The van der Waals surface area contributed by atoms with Crippen LogP contribution in [0.3, 0.4) is 0 Å². The van der Waals surface area contributed by atoms with Crippen molar-refractivity contribution in [3.8, 4) is 5.75 Å². The highest BCUT2D eigenvalue weighted by Gasteiger charge is 2.27. The number of ether oxygens (including phenoxy) is 1. The number of carbonyl (C=O) groups excluding carboxylic acids is 1. The average molecular weight is 461 g/mol. The Bertz CT molecular complexity index is 1120. The van der Waals surface area contributed by atoms with Gasteiger partial charge in [0.25, 0.3) is 11.8 Å². The lowest BCUT2D eigenvalue weighted by molar-refractivity contribution is 0.0126. The van der Waals surface area contributed by atoms with Crippen molar-refractivity contribution in [2.75, 3.05) is 18.7 Å². The first-order valence-corrected chi connectivity index (χ1v) is 11.8. The van der Waals surface area contributed by atoms with Gasteiger partial charge in [-0.3, -0.25) is 4.79 Å². The van der Waals surface area contributed by atoms with E-state index >= 15 is 0 Å². The van der Waals surface area contributed by atoms with Crippen molar-refractivity contribution in [1.82, 2.24) is 14.4 Å². The van der Waals surface area contributed by atoms with Crippen LogP contribution in [-0.2, 0) is 5.92 Å². The molecular formula is C23H26F2N4O2S. The van der Waals surface area contributed by atoms with Gasteiger partial charge in [0.05, 0.1) is 12.8 Å². The number of anilines is 1. The summed E-state index contributed by atoms with van der Waals surface area (Å²) in [4.78, 5) is 21.3. The molecule has 0 bridgehead atoms. The number of amides is 1. The minimum absolute atomic E-state index is 0.0944. The number of carbonyl (C=O) groups is 1. The number of thioether (sulfide) groups is 1. The number of pyridine rings is 2. The number of alkyl halides is 2. The number of halogens is 2. The number of imidazole rings is 1. The number of nitrogens with zero attached hydrogens (tertiary/aromatic N) is 3. The summed E-state index contributed by atoms with van der Waals surface area (Å²) in [5.41, 5.74) is 1.63. The van der Waals surface area contributed by atoms with E-state index in [1.807, 2.05) is 22.4 Å². The van der Waals surface area contributed by atoms with Gasteiger partial charge in [0, 0.05) is 36.6 Å². The molecule has 1 aliphatic rings. The Morgan fingerprint density at radius 1 is 1.22 bits per heavy atom. The van der Waals surface area contributed by atoms with Gasteiger partial charge in [0.1, 0.15) is 28.5 Å². The van der Waals surface area contributed by atoms with E-state index in [2.05, 4.69) is 16.6 Å². The molecule has 32 heavy (non-hydrogen) atoms. The van der Waals surface area contributed by atoms with Gasteiger partial charge in [-0.05, 0) is 44.1 Å². The molecule has 1 amide bonds. The van der Waals surface area contributed by atoms with Crippen molar-refractivity contribution in [2.24, 2.45) is 0 Å². The van der Waals surface area contributed by atoms with Gasteiger partial charge in [-0.25, -0.2) is 9.97 Å². The van der Waals surface area contributed by atoms with Gasteiger partial charge in [0.2, 0.25) is 0 Å². The molecule has 1 N–H and O–H groups in total. The number of aromatic nitrogens is 3. The van der Waals surface area contributed by atoms with Gasteiger partial charge in [-0.1, -0.05) is 6.07 Å². The van der Waals surface area contributed by atoms with Gasteiger partial charge >= 0.3 is 0 Å². The topological polar surface area (TPSA) is 68.5 Å². The molecule has 1 aliphatic carbocycles. The molecule has 0 spiro atoms. The Morgan fingerprint density at radius 3 is 2.62 bits per heavy atom. The summed E-state index contributed by atoms with van der Waals surface area (Å²) in [5.74, 6) is -2.87. The lowest BCUT2D eigenvalue weighted by atomic mass is 9.87. The van der Waals surface area contributed by atoms with Crippen molar-refractivity contribution < 1.29 is 18.3 Å². The van der Waals surface area contributed by atoms with E-state index in [0.29, 0.717) is 17.4 Å². The summed E-state index contributed by atoms with van der Waals surface area (Å²) < 4.78 is 34.5. The molecule has 6 nitrogen and oxygen atoms in total. The van der Waals surface area contributed by atoms with Gasteiger partial charge < -0.3 is 14.5 Å². The first-order chi connectivity index (χ1) is 15.3. The predicted molar refractivity (Wildman–Crippen MR) is 122 cm³/mol. The quantitative estimate of drug-likeness (QED) is 0.527. The molecule has 1 fully saturated rings. The van der Waals surface area contributed by atoms with Gasteiger partial charge in [-0.2, -0.15) is 20.5 Å². The summed E-state index contributed by atoms with van der Waals surface area (Å²) in [6.45, 7) is 0.748. The Morgan fingerprint density at radius 2 is 1.97 bits per heavy atom. The third kappa shape index (κ3) is 4.72. The van der Waals surface area contributed by atoms with Crippen molar-refractivity contribution >= 4 is 29.0 Å². The maximum Gasteiger partial charge on any atom is 0.287 e. The van der Waals surface area contributed by atoms with Crippen LogP contribution < -0.4 is 10.1 Å². The second kappa shape index (κ2) is 9.05. The molecule has 0 aliphatic heterocycles. The highest BCUT2D eigenvalue weighted by atomic mass is 32.2. The zero-order valence-electron chi connectivity index (χ0n) is 18.3. The van der Waals surface area contributed by atoms with Crippen LogP contribution >= 0.6 is 11.8 Å². The number of methoxy groups -OCH3 is 1. The van der Waals surface area contributed by atoms with E-state index in [0.717, 1.165) is 36.4 Å². The van der Waals surface area contributed by atoms with Crippen LogP contribution in [0.5, 0.6) is 5.75 Å². The zero-order chi connectivity index (χ0) is 22.9. The minimum Gasteiger partial charge on any atom is -0.494 e. The second-order valence-corrected chi connectivity index (χ2v) is 9.28. The van der Waals surface area contributed by atoms with E-state index < -0.39 is 17.5 Å². The molecule has 1 saturated carbocycles. The maximum atomic E-state index is 13.6. The lowest BCUT2D eigenvalue weighted by Gasteiger charge is -2.26. The highest BCUT2D eigenvalue weighted by molar-refractivity contribution is 7.99. The lowest BCUT2D eigenvalue weighted by Crippen LogP contribution is -2.18. The molecule has 170 valence electrons. The molecular weight excluding hydrogens is 434 g/mol. The van der Waals surface area contributed by atoms with E-state index in [9.17, 15) is 13.6 Å². The van der Waals surface area contributed by atoms with Crippen molar-refractivity contribution in [1.29, 1.82) is 0 Å². The highest BCUT2D eigenvalue weighted by Crippen LogP contribution is 2.37. The number of hydrogen-bond acceptors (Lipinski definition) is 5. The van der Waals surface area contributed by atoms with E-state index in [1.54, 1.807) is 12.3 Å². The first-order valence-electron chi connectivity index (χ1n) is 10.5. The molecule has 4 rings (SSSR count). The molecule has 0 radical (unpaired) electrons. The van der Waals surface area contributed by atoms with Crippen molar-refractivity contribution in [2.45, 2.75) is 49.7 Å². The fourth-order valence-electron chi connectivity index (χ4n) is 4.08. The largest absolute Gasteiger partial charge is 0.494 e. The first kappa shape index (κ1) is 22.5. The number of fused-ring (bicyclic) bond motifs is 1. The summed E-state index contributed by atoms with van der Waals surface area (Å²) in [7, 11) is 1.51. The Balaban J connectivity index is 1.58. The van der Waals surface area contributed by atoms with Crippen molar-refractivity contribution in [3.05, 3.63) is 53.7 Å². The standard InChI is InChI=1S/C23H26F2N4O2S/c1-23(24,25)20-6-4-5-16(26-20)22(30)28-18-13-29-12-17(27-21(29)11-19(18)31-2)14-7-9-15(32-3)10-8-14/h4-6,11-15H,7-10H2,1-3H3,(H,28,30). The second-order valence-electron chi connectivity index (χ2n) is 8.15. The Hall–Kier alpha value is -2.68.